The van der Waals surface area contributed by atoms with Crippen molar-refractivity contribution in [2.24, 2.45) is 5.73 Å². The molecule has 0 radical (unpaired) electrons. The number of oxazole rings is 1. The van der Waals surface area contributed by atoms with Gasteiger partial charge in [-0.25, -0.2) is 9.37 Å². The van der Waals surface area contributed by atoms with Crippen LogP contribution < -0.4 is 11.1 Å². The second-order valence-electron chi connectivity index (χ2n) is 5.56. The van der Waals surface area contributed by atoms with Gasteiger partial charge in [0, 0.05) is 12.8 Å². The molecule has 2 amide bonds. The molecule has 0 saturated carbocycles. The molecule has 3 aromatic rings. The molecule has 0 aliphatic rings. The summed E-state index contributed by atoms with van der Waals surface area (Å²) in [6, 6.07) is 12.7. The monoisotopic (exact) mass is 353 g/mol. The number of rotatable bonds is 6. The molecule has 1 heterocycles. The van der Waals surface area contributed by atoms with E-state index in [4.69, 9.17) is 10.2 Å². The minimum Gasteiger partial charge on any atom is -0.441 e. The van der Waals surface area contributed by atoms with Gasteiger partial charge in [0.1, 0.15) is 5.82 Å². The number of halogens is 1. The van der Waals surface area contributed by atoms with E-state index in [1.807, 2.05) is 0 Å². The number of carbonyl (C=O) groups is 2. The quantitative estimate of drug-likeness (QED) is 0.711. The van der Waals surface area contributed by atoms with Gasteiger partial charge in [-0.2, -0.15) is 0 Å². The molecule has 6 nitrogen and oxygen atoms in total. The van der Waals surface area contributed by atoms with Crippen LogP contribution in [-0.2, 0) is 11.2 Å². The number of hydrogen-bond donors (Lipinski definition) is 2. The number of nitrogens with zero attached hydrogens (tertiary/aromatic N) is 1. The van der Waals surface area contributed by atoms with Crippen LogP contribution in [0.3, 0.4) is 0 Å². The Morgan fingerprint density at radius 1 is 1.12 bits per heavy atom. The largest absolute Gasteiger partial charge is 0.441 e. The molecule has 1 aromatic heterocycles. The number of nitrogens with one attached hydrogen (secondary N) is 1. The highest BCUT2D eigenvalue weighted by atomic mass is 19.1. The van der Waals surface area contributed by atoms with Crippen molar-refractivity contribution >= 4 is 17.5 Å². The first kappa shape index (κ1) is 17.3. The molecule has 0 aliphatic carbocycles. The summed E-state index contributed by atoms with van der Waals surface area (Å²) in [7, 11) is 0. The Morgan fingerprint density at radius 2 is 1.85 bits per heavy atom. The fourth-order valence-electron chi connectivity index (χ4n) is 2.45. The van der Waals surface area contributed by atoms with E-state index < -0.39 is 11.7 Å². The molecule has 0 aliphatic heterocycles. The Labute approximate surface area is 148 Å². The van der Waals surface area contributed by atoms with E-state index >= 15 is 0 Å². The maximum Gasteiger partial charge on any atom is 0.250 e. The minimum atomic E-state index is -0.622. The standard InChI is InChI=1S/C19H16FN3O3/c20-14-7-3-1-5-12(14)16-11-22-18(26-16)10-9-17(24)23-15-8-4-2-6-13(15)19(21)25/h1-8,11H,9-10H2,(H2,21,25)(H,23,24). The Balaban J connectivity index is 1.63. The third kappa shape index (κ3) is 3.94. The average Bonchev–Trinajstić information content (AvgIpc) is 3.09. The summed E-state index contributed by atoms with van der Waals surface area (Å²) < 4.78 is 19.3. The maximum atomic E-state index is 13.8. The number of aryl methyl sites for hydroxylation is 1. The van der Waals surface area contributed by atoms with Crippen LogP contribution in [0.15, 0.2) is 59.1 Å². The van der Waals surface area contributed by atoms with Crippen molar-refractivity contribution in [2.45, 2.75) is 12.8 Å². The van der Waals surface area contributed by atoms with E-state index in [0.717, 1.165) is 0 Å². The van der Waals surface area contributed by atoms with Crippen LogP contribution >= 0.6 is 0 Å². The molecule has 3 N–H and O–H groups in total. The second kappa shape index (κ2) is 7.60. The molecular weight excluding hydrogens is 337 g/mol. The predicted molar refractivity (Wildman–Crippen MR) is 93.8 cm³/mol. The topological polar surface area (TPSA) is 98.2 Å². The summed E-state index contributed by atoms with van der Waals surface area (Å²) in [5.41, 5.74) is 6.18. The Hall–Kier alpha value is -3.48. The molecule has 0 atom stereocenters. The van der Waals surface area contributed by atoms with Gasteiger partial charge in [-0.15, -0.1) is 0 Å². The number of para-hydroxylation sites is 1. The first-order chi connectivity index (χ1) is 12.5. The van der Waals surface area contributed by atoms with Gasteiger partial charge >= 0.3 is 0 Å². The molecule has 0 spiro atoms. The predicted octanol–water partition coefficient (Wildman–Crippen LogP) is 3.15. The molecule has 132 valence electrons. The zero-order valence-electron chi connectivity index (χ0n) is 13.7. The van der Waals surface area contributed by atoms with Crippen LogP contribution in [0.4, 0.5) is 10.1 Å². The molecule has 0 bridgehead atoms. The Morgan fingerprint density at radius 3 is 2.62 bits per heavy atom. The van der Waals surface area contributed by atoms with E-state index in [9.17, 15) is 14.0 Å². The van der Waals surface area contributed by atoms with Crippen LogP contribution in [0, 0.1) is 5.82 Å². The highest BCUT2D eigenvalue weighted by Crippen LogP contribution is 2.23. The second-order valence-corrected chi connectivity index (χ2v) is 5.56. The van der Waals surface area contributed by atoms with Gasteiger partial charge < -0.3 is 15.5 Å². The van der Waals surface area contributed by atoms with Crippen molar-refractivity contribution in [3.63, 3.8) is 0 Å². The van der Waals surface area contributed by atoms with Gasteiger partial charge in [0.25, 0.3) is 5.91 Å². The average molecular weight is 353 g/mol. The Kier molecular flexibility index (Phi) is 5.07. The Bertz CT molecular complexity index is 952. The van der Waals surface area contributed by atoms with Gasteiger partial charge in [0.15, 0.2) is 11.7 Å². The fraction of sp³-hybridized carbons (Fsp3) is 0.105. The maximum absolute atomic E-state index is 13.8. The first-order valence-electron chi connectivity index (χ1n) is 7.93. The zero-order valence-corrected chi connectivity index (χ0v) is 13.7. The number of amides is 2. The summed E-state index contributed by atoms with van der Waals surface area (Å²) in [4.78, 5) is 27.5. The summed E-state index contributed by atoms with van der Waals surface area (Å²) in [5.74, 6) is -0.720. The van der Waals surface area contributed by atoms with Crippen molar-refractivity contribution in [1.29, 1.82) is 0 Å². The summed E-state index contributed by atoms with van der Waals surface area (Å²) in [6.45, 7) is 0. The first-order valence-corrected chi connectivity index (χ1v) is 7.93. The zero-order chi connectivity index (χ0) is 18.5. The normalized spacial score (nSPS) is 10.5. The van der Waals surface area contributed by atoms with E-state index in [0.29, 0.717) is 22.9 Å². The number of aromatic nitrogens is 1. The smallest absolute Gasteiger partial charge is 0.250 e. The van der Waals surface area contributed by atoms with Crippen LogP contribution in [0.5, 0.6) is 0 Å². The van der Waals surface area contributed by atoms with Gasteiger partial charge in [0.2, 0.25) is 5.91 Å². The van der Waals surface area contributed by atoms with E-state index in [2.05, 4.69) is 10.3 Å². The number of carbonyl (C=O) groups excluding carboxylic acids is 2. The van der Waals surface area contributed by atoms with Crippen LogP contribution in [-0.4, -0.2) is 16.8 Å². The molecule has 3 rings (SSSR count). The van der Waals surface area contributed by atoms with E-state index in [-0.39, 0.29) is 24.3 Å². The van der Waals surface area contributed by atoms with Gasteiger partial charge in [-0.1, -0.05) is 24.3 Å². The number of benzene rings is 2. The number of nitrogens with two attached hydrogens (primary N) is 1. The van der Waals surface area contributed by atoms with Gasteiger partial charge in [-0.05, 0) is 24.3 Å². The molecule has 0 saturated heterocycles. The van der Waals surface area contributed by atoms with Crippen molar-refractivity contribution in [3.05, 3.63) is 72.0 Å². The highest BCUT2D eigenvalue weighted by Gasteiger charge is 2.13. The SMILES string of the molecule is NC(=O)c1ccccc1NC(=O)CCc1ncc(-c2ccccc2F)o1. The minimum absolute atomic E-state index is 0.0876. The molecule has 2 aromatic carbocycles. The summed E-state index contributed by atoms with van der Waals surface area (Å²) >= 11 is 0. The van der Waals surface area contributed by atoms with Crippen LogP contribution in [0.2, 0.25) is 0 Å². The lowest BCUT2D eigenvalue weighted by molar-refractivity contribution is -0.116. The van der Waals surface area contributed by atoms with Crippen molar-refractivity contribution in [2.75, 3.05) is 5.32 Å². The number of primary amides is 1. The summed E-state index contributed by atoms with van der Waals surface area (Å²) in [6.07, 6.45) is 1.75. The van der Waals surface area contributed by atoms with Crippen molar-refractivity contribution in [1.82, 2.24) is 4.98 Å². The van der Waals surface area contributed by atoms with E-state index in [1.54, 1.807) is 36.4 Å². The molecular formula is C19H16FN3O3. The highest BCUT2D eigenvalue weighted by molar-refractivity contribution is 6.02. The van der Waals surface area contributed by atoms with Crippen molar-refractivity contribution in [3.8, 4) is 11.3 Å². The number of anilines is 1. The third-order valence-corrected chi connectivity index (χ3v) is 3.73. The lowest BCUT2D eigenvalue weighted by Gasteiger charge is -2.08. The van der Waals surface area contributed by atoms with E-state index in [1.165, 1.54) is 18.3 Å². The van der Waals surface area contributed by atoms with Crippen LogP contribution in [0.1, 0.15) is 22.7 Å². The molecule has 26 heavy (non-hydrogen) atoms. The van der Waals surface area contributed by atoms with Crippen LogP contribution in [0.25, 0.3) is 11.3 Å². The number of hydrogen-bond acceptors (Lipinski definition) is 4. The van der Waals surface area contributed by atoms with Gasteiger partial charge in [0.05, 0.1) is 23.0 Å². The molecule has 7 heteroatoms. The van der Waals surface area contributed by atoms with Crippen molar-refractivity contribution < 1.29 is 18.4 Å². The fourth-order valence-corrected chi connectivity index (χ4v) is 2.45. The lowest BCUT2D eigenvalue weighted by Crippen LogP contribution is -2.18. The lowest BCUT2D eigenvalue weighted by atomic mass is 10.1. The summed E-state index contributed by atoms with van der Waals surface area (Å²) in [5, 5.41) is 2.64. The molecule has 0 unspecified atom stereocenters. The molecule has 0 fully saturated rings. The van der Waals surface area contributed by atoms with Gasteiger partial charge in [-0.3, -0.25) is 9.59 Å². The third-order valence-electron chi connectivity index (χ3n) is 3.73.